The van der Waals surface area contributed by atoms with Crippen molar-refractivity contribution in [2.75, 3.05) is 6.54 Å². The molecule has 2 aromatic rings. The minimum atomic E-state index is -0.829. The van der Waals surface area contributed by atoms with Crippen LogP contribution in [0, 0.1) is 68.0 Å². The number of Topliss-reactive ketones (excluding diaryl/α,β-unsaturated/α-hetero) is 1. The normalized spacial score (nSPS) is 39.7. The number of nitrogens with zero attached hydrogens (tertiary/aromatic N) is 1. The molecule has 1 heterocycles. The van der Waals surface area contributed by atoms with Gasteiger partial charge in [0, 0.05) is 35.7 Å². The smallest absolute Gasteiger partial charge is 0.309 e. The van der Waals surface area contributed by atoms with Gasteiger partial charge in [0.2, 0.25) is 0 Å². The number of fused-ring (bicyclic) bond motifs is 8. The van der Waals surface area contributed by atoms with Crippen LogP contribution in [0.2, 0.25) is 0 Å². The van der Waals surface area contributed by atoms with Gasteiger partial charge in [-0.3, -0.25) is 19.4 Å². The summed E-state index contributed by atoms with van der Waals surface area (Å²) in [4.78, 5) is 44.4. The van der Waals surface area contributed by atoms with Crippen LogP contribution in [0.4, 0.5) is 0 Å². The summed E-state index contributed by atoms with van der Waals surface area (Å²) in [6.45, 7) is 21.4. The lowest BCUT2D eigenvalue weighted by Gasteiger charge is -2.72. The van der Waals surface area contributed by atoms with E-state index in [0.29, 0.717) is 37.8 Å². The number of aliphatic carboxylic acids is 1. The summed E-state index contributed by atoms with van der Waals surface area (Å²) in [5.74, 6) is -0.458. The molecule has 1 aromatic heterocycles. The van der Waals surface area contributed by atoms with Crippen molar-refractivity contribution in [2.45, 2.75) is 145 Å². The molecule has 57 heavy (non-hydrogen) atoms. The van der Waals surface area contributed by atoms with E-state index in [4.69, 9.17) is 9.72 Å². The first kappa shape index (κ1) is 40.7. The van der Waals surface area contributed by atoms with Gasteiger partial charge in [0.1, 0.15) is 6.10 Å². The predicted molar refractivity (Wildman–Crippen MR) is 222 cm³/mol. The van der Waals surface area contributed by atoms with Gasteiger partial charge in [0.05, 0.1) is 29.2 Å². The first-order valence-electron chi connectivity index (χ1n) is 22.2. The van der Waals surface area contributed by atoms with Crippen LogP contribution in [0.5, 0.6) is 0 Å². The van der Waals surface area contributed by atoms with Crippen LogP contribution in [-0.4, -0.2) is 51.7 Å². The fraction of sp³-hybridized carbons (Fsp3) is 0.714. The Balaban J connectivity index is 1.02. The second-order valence-electron chi connectivity index (χ2n) is 21.8. The lowest BCUT2D eigenvalue weighted by Crippen LogP contribution is -2.66. The summed E-state index contributed by atoms with van der Waals surface area (Å²) >= 11 is 0. The number of hydrogen-bond acceptors (Lipinski definition) is 7. The van der Waals surface area contributed by atoms with Crippen LogP contribution < -0.4 is 5.32 Å². The van der Waals surface area contributed by atoms with E-state index in [2.05, 4.69) is 72.0 Å². The number of carbonyl (C=O) groups excluding carboxylic acids is 2. The Hall–Kier alpha value is -3.10. The average molecular weight is 781 g/mol. The van der Waals surface area contributed by atoms with E-state index >= 15 is 0 Å². The number of carboxylic acids is 1. The minimum Gasteiger partial charge on any atom is -0.481 e. The summed E-state index contributed by atoms with van der Waals surface area (Å²) in [5, 5.41) is 26.6. The molecule has 0 amide bonds. The van der Waals surface area contributed by atoms with Gasteiger partial charge in [-0.15, -0.1) is 0 Å². The number of hydrogen-bond donors (Lipinski definition) is 3. The van der Waals surface area contributed by atoms with Crippen LogP contribution in [0.25, 0.3) is 10.9 Å². The molecule has 5 fully saturated rings. The first-order chi connectivity index (χ1) is 26.7. The number of ketones is 1. The van der Waals surface area contributed by atoms with Crippen molar-refractivity contribution in [3.63, 3.8) is 0 Å². The van der Waals surface area contributed by atoms with Crippen LogP contribution in [0.3, 0.4) is 0 Å². The quantitative estimate of drug-likeness (QED) is 0.215. The third kappa shape index (κ3) is 5.86. The molecular weight excluding hydrogens is 713 g/mol. The molecule has 6 aliphatic carbocycles. The molecule has 310 valence electrons. The highest BCUT2D eigenvalue weighted by Crippen LogP contribution is 2.77. The van der Waals surface area contributed by atoms with E-state index in [9.17, 15) is 24.6 Å². The van der Waals surface area contributed by atoms with Gasteiger partial charge in [0.25, 0.3) is 0 Å². The summed E-state index contributed by atoms with van der Waals surface area (Å²) in [5.41, 5.74) is 2.95. The van der Waals surface area contributed by atoms with E-state index in [0.717, 1.165) is 73.5 Å². The number of aliphatic hydroxyl groups is 1. The Morgan fingerprint density at radius 3 is 2.30 bits per heavy atom. The van der Waals surface area contributed by atoms with Crippen molar-refractivity contribution >= 4 is 28.6 Å². The van der Waals surface area contributed by atoms with E-state index in [-0.39, 0.29) is 57.3 Å². The zero-order valence-corrected chi connectivity index (χ0v) is 36.0. The fourth-order valence-corrected chi connectivity index (χ4v) is 15.0. The Labute approximate surface area is 340 Å². The number of pyridine rings is 1. The zero-order valence-electron chi connectivity index (χ0n) is 36.0. The van der Waals surface area contributed by atoms with Gasteiger partial charge in [-0.05, 0) is 121 Å². The van der Waals surface area contributed by atoms with E-state index in [1.807, 2.05) is 32.0 Å². The van der Waals surface area contributed by atoms with Gasteiger partial charge in [-0.1, -0.05) is 92.2 Å². The first-order valence-corrected chi connectivity index (χ1v) is 22.2. The van der Waals surface area contributed by atoms with Crippen molar-refractivity contribution in [1.82, 2.24) is 10.3 Å². The number of aromatic nitrogens is 1. The summed E-state index contributed by atoms with van der Waals surface area (Å²) in [6, 6.07) is 12.3. The summed E-state index contributed by atoms with van der Waals surface area (Å²) in [7, 11) is 0. The molecule has 0 unspecified atom stereocenters. The summed E-state index contributed by atoms with van der Waals surface area (Å²) in [6.07, 6.45) is 7.83. The highest BCUT2D eigenvalue weighted by Gasteiger charge is 2.71. The number of carbonyl (C=O) groups is 3. The number of carboxylic acid groups (broad SMARTS) is 1. The third-order valence-electron chi connectivity index (χ3n) is 18.5. The molecular formula is C49H68N2O6. The number of nitrogens with one attached hydrogen (secondary N) is 1. The molecule has 3 N–H and O–H groups in total. The van der Waals surface area contributed by atoms with Crippen molar-refractivity contribution in [3.05, 3.63) is 53.2 Å². The van der Waals surface area contributed by atoms with Crippen molar-refractivity contribution in [2.24, 2.45) is 68.0 Å². The van der Waals surface area contributed by atoms with Crippen LogP contribution in [0.15, 0.2) is 47.5 Å². The Bertz CT molecular complexity index is 2000. The topological polar surface area (TPSA) is 126 Å². The van der Waals surface area contributed by atoms with Crippen molar-refractivity contribution in [3.8, 4) is 0 Å². The summed E-state index contributed by atoms with van der Waals surface area (Å²) < 4.78 is 6.43. The number of ether oxygens (including phenoxy) is 1. The van der Waals surface area contributed by atoms with E-state index < -0.39 is 28.8 Å². The monoisotopic (exact) mass is 781 g/mol. The maximum Gasteiger partial charge on any atom is 0.309 e. The Kier molecular flexibility index (Phi) is 9.79. The molecule has 11 atom stereocenters. The largest absolute Gasteiger partial charge is 0.481 e. The average Bonchev–Trinajstić information content (AvgIpc) is 3.45. The number of esters is 1. The van der Waals surface area contributed by atoms with Crippen LogP contribution >= 0.6 is 0 Å². The Morgan fingerprint density at radius 2 is 1.60 bits per heavy atom. The number of para-hydroxylation sites is 1. The number of aliphatic hydroxyl groups excluding tert-OH is 1. The lowest BCUT2D eigenvalue weighted by molar-refractivity contribution is -0.238. The molecule has 5 saturated carbocycles. The molecule has 8 rings (SSSR count). The standard InChI is InChI=1S/C49H68N2O6/c1-28(2)40-35(52)25-49(38(53)27-50-26-30-15-14-29-12-10-11-13-34(29)51-30)23-22-47(8)31(41(40)49)16-17-37-46(7)20-19-39(45(5,6)36(46)18-21-48(37,47)9)57-43(56)33-24-32(42(54)55)44(33,3)4/h10-15,28,31-33,36-39,50,53H,16-27H2,1-9H3,(H,54,55)/t31-,32+,33-,36+,37-,38+,39+,46+,47-,48-,49+/m1/s1. The maximum atomic E-state index is 14.2. The van der Waals surface area contributed by atoms with Crippen LogP contribution in [0.1, 0.15) is 132 Å². The molecule has 0 spiro atoms. The second-order valence-corrected chi connectivity index (χ2v) is 21.8. The maximum absolute atomic E-state index is 14.2. The van der Waals surface area contributed by atoms with Gasteiger partial charge < -0.3 is 20.3 Å². The third-order valence-corrected chi connectivity index (χ3v) is 18.5. The second kappa shape index (κ2) is 13.7. The molecule has 0 aliphatic heterocycles. The number of benzene rings is 1. The molecule has 1 aromatic carbocycles. The SMILES string of the molecule is CC(C)C1=C2[C@H]3CC[C@@H]4[C@@]5(C)CC[C@H](OC(=O)[C@H]6C[C@@H](C(=O)O)C6(C)C)C(C)(C)[C@@H]5CC[C@@]4(C)[C@]3(C)CC[C@@]2([C@@H](O)CNCc2ccc3ccccc3n2)CC1=O. The van der Waals surface area contributed by atoms with E-state index in [1.165, 1.54) is 5.57 Å². The molecule has 8 heteroatoms. The van der Waals surface area contributed by atoms with E-state index in [1.54, 1.807) is 0 Å². The number of allylic oxidation sites excluding steroid dienone is 1. The fourth-order valence-electron chi connectivity index (χ4n) is 15.0. The van der Waals surface area contributed by atoms with Crippen LogP contribution in [-0.2, 0) is 25.7 Å². The van der Waals surface area contributed by atoms with Crippen molar-refractivity contribution in [1.29, 1.82) is 0 Å². The van der Waals surface area contributed by atoms with Gasteiger partial charge in [-0.2, -0.15) is 0 Å². The minimum absolute atomic E-state index is 0.0143. The highest BCUT2D eigenvalue weighted by atomic mass is 16.5. The van der Waals surface area contributed by atoms with Crippen molar-refractivity contribution < 1.29 is 29.3 Å². The molecule has 0 radical (unpaired) electrons. The highest BCUT2D eigenvalue weighted by molar-refractivity contribution is 6.00. The Morgan fingerprint density at radius 1 is 0.860 bits per heavy atom. The van der Waals surface area contributed by atoms with Gasteiger partial charge in [-0.25, -0.2) is 0 Å². The predicted octanol–water partition coefficient (Wildman–Crippen LogP) is 9.32. The molecule has 8 nitrogen and oxygen atoms in total. The molecule has 6 aliphatic rings. The lowest BCUT2D eigenvalue weighted by atomic mass is 9.33. The van der Waals surface area contributed by atoms with Gasteiger partial charge in [0.15, 0.2) is 5.78 Å². The zero-order chi connectivity index (χ0) is 41.1. The van der Waals surface area contributed by atoms with Gasteiger partial charge >= 0.3 is 11.9 Å². The molecule has 0 bridgehead atoms. The number of rotatable bonds is 9. The molecule has 0 saturated heterocycles.